The third kappa shape index (κ3) is 6.14. The molecule has 1 atom stereocenters. The van der Waals surface area contributed by atoms with Crippen LogP contribution in [0.5, 0.6) is 0 Å². The van der Waals surface area contributed by atoms with Gasteiger partial charge in [-0.25, -0.2) is 0 Å². The fourth-order valence-corrected chi connectivity index (χ4v) is 1.58. The number of aliphatic hydroxyl groups excluding tert-OH is 1. The molecule has 0 aliphatic carbocycles. The summed E-state index contributed by atoms with van der Waals surface area (Å²) in [6.45, 7) is 4.86. The molecule has 0 heterocycles. The van der Waals surface area contributed by atoms with Gasteiger partial charge in [0.05, 0.1) is 25.4 Å². The summed E-state index contributed by atoms with van der Waals surface area (Å²) in [7, 11) is 1.50. The molecule has 0 fully saturated rings. The summed E-state index contributed by atoms with van der Waals surface area (Å²) in [5, 5.41) is 12.1. The van der Waals surface area contributed by atoms with E-state index in [9.17, 15) is 9.90 Å². The van der Waals surface area contributed by atoms with Crippen LogP contribution in [0.3, 0.4) is 0 Å². The fraction of sp³-hybridized carbons (Fsp3) is 0.533. The molecule has 1 rings (SSSR count). The Hall–Kier alpha value is -1.43. The van der Waals surface area contributed by atoms with E-state index in [1.54, 1.807) is 12.1 Å². The monoisotopic (exact) mass is 281 g/mol. The molecule has 1 aromatic rings. The van der Waals surface area contributed by atoms with Crippen molar-refractivity contribution >= 4 is 5.91 Å². The number of carbonyl (C=O) groups is 1. The number of amides is 1. The molecule has 0 saturated carbocycles. The molecule has 0 aliphatic rings. The van der Waals surface area contributed by atoms with Gasteiger partial charge in [-0.3, -0.25) is 4.79 Å². The zero-order chi connectivity index (χ0) is 15.0. The molecule has 5 heteroatoms. The van der Waals surface area contributed by atoms with E-state index in [1.807, 2.05) is 26.0 Å². The smallest absolute Gasteiger partial charge is 0.251 e. The van der Waals surface area contributed by atoms with Crippen LogP contribution in [-0.2, 0) is 16.1 Å². The van der Waals surface area contributed by atoms with Gasteiger partial charge in [-0.05, 0) is 31.5 Å². The highest BCUT2D eigenvalue weighted by atomic mass is 16.5. The lowest BCUT2D eigenvalue weighted by atomic mass is 10.1. The molecule has 20 heavy (non-hydrogen) atoms. The minimum Gasteiger partial charge on any atom is -0.389 e. The molecular formula is C15H23NO4. The van der Waals surface area contributed by atoms with E-state index in [0.717, 1.165) is 5.56 Å². The standard InChI is InChI=1S/C15H23NO4/c1-11(2)20-9-12-4-6-13(7-5-12)15(18)16-8-14(17)10-19-3/h4-7,11,14,17H,8-10H2,1-3H3,(H,16,18). The summed E-state index contributed by atoms with van der Waals surface area (Å²) in [5.41, 5.74) is 1.58. The number of benzene rings is 1. The van der Waals surface area contributed by atoms with Gasteiger partial charge < -0.3 is 19.9 Å². The van der Waals surface area contributed by atoms with Gasteiger partial charge >= 0.3 is 0 Å². The minimum atomic E-state index is -0.692. The van der Waals surface area contributed by atoms with E-state index in [0.29, 0.717) is 12.2 Å². The maximum Gasteiger partial charge on any atom is 0.251 e. The van der Waals surface area contributed by atoms with Crippen molar-refractivity contribution < 1.29 is 19.4 Å². The average molecular weight is 281 g/mol. The Morgan fingerprint density at radius 1 is 1.30 bits per heavy atom. The lowest BCUT2D eigenvalue weighted by Crippen LogP contribution is -2.34. The number of aliphatic hydroxyl groups is 1. The molecule has 1 aromatic carbocycles. The highest BCUT2D eigenvalue weighted by Crippen LogP contribution is 2.07. The van der Waals surface area contributed by atoms with Crippen LogP contribution in [-0.4, -0.2) is 43.5 Å². The summed E-state index contributed by atoms with van der Waals surface area (Å²) >= 11 is 0. The topological polar surface area (TPSA) is 67.8 Å². The number of methoxy groups -OCH3 is 1. The minimum absolute atomic E-state index is 0.172. The summed E-state index contributed by atoms with van der Waals surface area (Å²) in [4.78, 5) is 11.8. The van der Waals surface area contributed by atoms with E-state index in [4.69, 9.17) is 9.47 Å². The van der Waals surface area contributed by atoms with Crippen LogP contribution in [0.25, 0.3) is 0 Å². The third-order valence-corrected chi connectivity index (χ3v) is 2.66. The van der Waals surface area contributed by atoms with E-state index < -0.39 is 6.10 Å². The van der Waals surface area contributed by atoms with Crippen molar-refractivity contribution in [2.75, 3.05) is 20.3 Å². The first-order chi connectivity index (χ1) is 9.52. The van der Waals surface area contributed by atoms with Crippen molar-refractivity contribution in [3.8, 4) is 0 Å². The Morgan fingerprint density at radius 2 is 1.95 bits per heavy atom. The zero-order valence-corrected chi connectivity index (χ0v) is 12.3. The second-order valence-electron chi connectivity index (χ2n) is 4.88. The molecule has 5 nitrogen and oxygen atoms in total. The zero-order valence-electron chi connectivity index (χ0n) is 12.3. The first-order valence-electron chi connectivity index (χ1n) is 6.68. The van der Waals surface area contributed by atoms with Gasteiger partial charge in [0.15, 0.2) is 0 Å². The second-order valence-corrected chi connectivity index (χ2v) is 4.88. The van der Waals surface area contributed by atoms with Gasteiger partial charge in [-0.2, -0.15) is 0 Å². The number of carbonyl (C=O) groups excluding carboxylic acids is 1. The highest BCUT2D eigenvalue weighted by Gasteiger charge is 2.08. The molecule has 1 unspecified atom stereocenters. The SMILES string of the molecule is COCC(O)CNC(=O)c1ccc(COC(C)C)cc1. The average Bonchev–Trinajstić information content (AvgIpc) is 2.43. The summed E-state index contributed by atoms with van der Waals surface area (Å²) < 4.78 is 10.3. The molecule has 2 N–H and O–H groups in total. The Balaban J connectivity index is 2.45. The van der Waals surface area contributed by atoms with Crippen LogP contribution >= 0.6 is 0 Å². The Morgan fingerprint density at radius 3 is 2.50 bits per heavy atom. The van der Waals surface area contributed by atoms with Gasteiger partial charge in [0.25, 0.3) is 5.91 Å². The Bertz CT molecular complexity index is 403. The summed E-state index contributed by atoms with van der Waals surface area (Å²) in [5.74, 6) is -0.212. The normalized spacial score (nSPS) is 12.4. The lowest BCUT2D eigenvalue weighted by Gasteiger charge is -2.11. The van der Waals surface area contributed by atoms with Gasteiger partial charge in [-0.15, -0.1) is 0 Å². The van der Waals surface area contributed by atoms with Crippen molar-refractivity contribution in [2.24, 2.45) is 0 Å². The van der Waals surface area contributed by atoms with Gasteiger partial charge in [0.1, 0.15) is 0 Å². The van der Waals surface area contributed by atoms with E-state index in [2.05, 4.69) is 5.32 Å². The van der Waals surface area contributed by atoms with Crippen molar-refractivity contribution in [2.45, 2.75) is 32.7 Å². The van der Waals surface area contributed by atoms with Crippen molar-refractivity contribution in [1.29, 1.82) is 0 Å². The second kappa shape index (κ2) is 8.68. The van der Waals surface area contributed by atoms with Crippen LogP contribution in [0.15, 0.2) is 24.3 Å². The van der Waals surface area contributed by atoms with Crippen molar-refractivity contribution in [3.05, 3.63) is 35.4 Å². The van der Waals surface area contributed by atoms with E-state index in [-0.39, 0.29) is 25.2 Å². The predicted octanol–water partition coefficient (Wildman–Crippen LogP) is 1.35. The largest absolute Gasteiger partial charge is 0.389 e. The Labute approximate surface area is 119 Å². The van der Waals surface area contributed by atoms with Crippen molar-refractivity contribution in [3.63, 3.8) is 0 Å². The van der Waals surface area contributed by atoms with Crippen LogP contribution in [0.4, 0.5) is 0 Å². The third-order valence-electron chi connectivity index (χ3n) is 2.66. The summed E-state index contributed by atoms with van der Waals surface area (Å²) in [6, 6.07) is 7.22. The maximum atomic E-state index is 11.8. The number of nitrogens with one attached hydrogen (secondary N) is 1. The van der Waals surface area contributed by atoms with E-state index in [1.165, 1.54) is 7.11 Å². The molecule has 0 radical (unpaired) electrons. The number of hydrogen-bond acceptors (Lipinski definition) is 4. The molecule has 0 bridgehead atoms. The lowest BCUT2D eigenvalue weighted by molar-refractivity contribution is 0.0609. The number of ether oxygens (including phenoxy) is 2. The Kier molecular flexibility index (Phi) is 7.22. The molecule has 112 valence electrons. The maximum absolute atomic E-state index is 11.8. The van der Waals surface area contributed by atoms with Crippen LogP contribution in [0, 0.1) is 0 Å². The molecule has 0 aliphatic heterocycles. The molecule has 0 saturated heterocycles. The molecular weight excluding hydrogens is 258 g/mol. The van der Waals surface area contributed by atoms with Gasteiger partial charge in [0.2, 0.25) is 0 Å². The fourth-order valence-electron chi connectivity index (χ4n) is 1.58. The van der Waals surface area contributed by atoms with Gasteiger partial charge in [-0.1, -0.05) is 12.1 Å². The molecule has 1 amide bonds. The first kappa shape index (κ1) is 16.6. The molecule has 0 spiro atoms. The van der Waals surface area contributed by atoms with Crippen LogP contribution < -0.4 is 5.32 Å². The number of hydrogen-bond donors (Lipinski definition) is 2. The van der Waals surface area contributed by atoms with Crippen LogP contribution in [0.1, 0.15) is 29.8 Å². The quantitative estimate of drug-likeness (QED) is 0.755. The first-order valence-corrected chi connectivity index (χ1v) is 6.68. The summed E-state index contributed by atoms with van der Waals surface area (Å²) in [6.07, 6.45) is -0.511. The predicted molar refractivity (Wildman–Crippen MR) is 76.6 cm³/mol. The number of rotatable bonds is 8. The van der Waals surface area contributed by atoms with Crippen LogP contribution in [0.2, 0.25) is 0 Å². The van der Waals surface area contributed by atoms with Crippen molar-refractivity contribution in [1.82, 2.24) is 5.32 Å². The van der Waals surface area contributed by atoms with Gasteiger partial charge in [0, 0.05) is 19.2 Å². The molecule has 0 aromatic heterocycles. The van der Waals surface area contributed by atoms with E-state index >= 15 is 0 Å². The highest BCUT2D eigenvalue weighted by molar-refractivity contribution is 5.94.